The predicted molar refractivity (Wildman–Crippen MR) is 104 cm³/mol. The Bertz CT molecular complexity index is 638. The Morgan fingerprint density at radius 2 is 1.62 bits per heavy atom. The molecule has 0 heterocycles. The van der Waals surface area contributed by atoms with Gasteiger partial charge in [0.2, 0.25) is 0 Å². The maximum atomic E-state index is 5.92. The van der Waals surface area contributed by atoms with Crippen LogP contribution in [0, 0.1) is 5.92 Å². The Morgan fingerprint density at radius 1 is 0.875 bits per heavy atom. The van der Waals surface area contributed by atoms with Gasteiger partial charge >= 0.3 is 0 Å². The smallest absolute Gasteiger partial charge is 0.119 e. The minimum atomic E-state index is 0.764. The van der Waals surface area contributed by atoms with Crippen molar-refractivity contribution in [3.8, 4) is 5.75 Å². The van der Waals surface area contributed by atoms with Crippen LogP contribution < -0.4 is 4.74 Å². The Morgan fingerprint density at radius 3 is 2.42 bits per heavy atom. The third-order valence-corrected chi connectivity index (χ3v) is 5.59. The van der Waals surface area contributed by atoms with E-state index in [0.717, 1.165) is 30.6 Å². The zero-order valence-electron chi connectivity index (χ0n) is 15.4. The van der Waals surface area contributed by atoms with E-state index in [9.17, 15) is 0 Å². The molecule has 1 aliphatic carbocycles. The van der Waals surface area contributed by atoms with Crippen molar-refractivity contribution in [3.05, 3.63) is 42.0 Å². The Labute approximate surface area is 147 Å². The zero-order chi connectivity index (χ0) is 16.8. The first kappa shape index (κ1) is 17.3. The lowest BCUT2D eigenvalue weighted by Crippen LogP contribution is -2.10. The van der Waals surface area contributed by atoms with Crippen LogP contribution in [0.15, 0.2) is 36.4 Å². The fourth-order valence-corrected chi connectivity index (χ4v) is 3.90. The summed E-state index contributed by atoms with van der Waals surface area (Å²) in [7, 11) is 0. The average Bonchev–Trinajstić information content (AvgIpc) is 2.62. The monoisotopic (exact) mass is 324 g/mol. The van der Waals surface area contributed by atoms with E-state index in [1.807, 2.05) is 0 Å². The number of fused-ring (bicyclic) bond motifs is 1. The van der Waals surface area contributed by atoms with E-state index in [4.69, 9.17) is 4.74 Å². The fourth-order valence-electron chi connectivity index (χ4n) is 3.90. The molecule has 0 saturated heterocycles. The highest BCUT2D eigenvalue weighted by atomic mass is 16.5. The number of rotatable bonds is 7. The molecular weight excluding hydrogens is 292 g/mol. The van der Waals surface area contributed by atoms with Crippen molar-refractivity contribution in [2.75, 3.05) is 6.61 Å². The molecule has 2 aromatic carbocycles. The van der Waals surface area contributed by atoms with Crippen LogP contribution in [0.2, 0.25) is 0 Å². The molecule has 1 heteroatoms. The molecule has 1 saturated carbocycles. The first-order valence-corrected chi connectivity index (χ1v) is 9.92. The number of ether oxygens (including phenoxy) is 1. The van der Waals surface area contributed by atoms with Crippen molar-refractivity contribution in [1.82, 2.24) is 0 Å². The highest BCUT2D eigenvalue weighted by Gasteiger charge is 2.19. The van der Waals surface area contributed by atoms with Crippen LogP contribution >= 0.6 is 0 Å². The highest BCUT2D eigenvalue weighted by Crippen LogP contribution is 2.36. The van der Waals surface area contributed by atoms with Crippen LogP contribution in [0.5, 0.6) is 5.75 Å². The molecule has 0 aliphatic heterocycles. The van der Waals surface area contributed by atoms with Crippen molar-refractivity contribution >= 4 is 10.8 Å². The first-order valence-electron chi connectivity index (χ1n) is 9.92. The summed E-state index contributed by atoms with van der Waals surface area (Å²) in [5.74, 6) is 2.69. The van der Waals surface area contributed by atoms with Gasteiger partial charge in [0.15, 0.2) is 0 Å². The Hall–Kier alpha value is -1.50. The molecule has 0 unspecified atom stereocenters. The second kappa shape index (κ2) is 8.55. The van der Waals surface area contributed by atoms with Crippen LogP contribution in [0.1, 0.15) is 76.7 Å². The summed E-state index contributed by atoms with van der Waals surface area (Å²) in [6.45, 7) is 5.47. The van der Waals surface area contributed by atoms with Crippen LogP contribution in [0.25, 0.3) is 10.8 Å². The second-order valence-corrected chi connectivity index (χ2v) is 7.63. The molecule has 3 rings (SSSR count). The summed E-state index contributed by atoms with van der Waals surface area (Å²) < 4.78 is 5.92. The molecule has 24 heavy (non-hydrogen) atoms. The van der Waals surface area contributed by atoms with E-state index in [0.29, 0.717) is 0 Å². The molecule has 0 N–H and O–H groups in total. The molecular formula is C23H32O. The summed E-state index contributed by atoms with van der Waals surface area (Å²) in [6, 6.07) is 13.6. The molecule has 0 bridgehead atoms. The van der Waals surface area contributed by atoms with Gasteiger partial charge in [-0.05, 0) is 59.6 Å². The van der Waals surface area contributed by atoms with Crippen molar-refractivity contribution in [2.45, 2.75) is 71.1 Å². The van der Waals surface area contributed by atoms with Gasteiger partial charge < -0.3 is 4.74 Å². The number of unbranched alkanes of at least 4 members (excludes halogenated alkanes) is 3. The standard InChI is InChI=1S/C23H32O/c1-3-4-5-6-15-24-23-14-13-21-16-20(11-12-22(21)17-23)19-9-7-18(2)8-10-19/h11-14,16-19H,3-10,15H2,1-2H3. The van der Waals surface area contributed by atoms with Crippen molar-refractivity contribution in [3.63, 3.8) is 0 Å². The van der Waals surface area contributed by atoms with E-state index < -0.39 is 0 Å². The lowest BCUT2D eigenvalue weighted by atomic mass is 9.79. The molecule has 1 nitrogen and oxygen atoms in total. The molecule has 1 aliphatic rings. The molecule has 0 spiro atoms. The molecule has 0 amide bonds. The normalized spacial score (nSPS) is 21.1. The quantitative estimate of drug-likeness (QED) is 0.494. The molecule has 130 valence electrons. The van der Waals surface area contributed by atoms with Crippen molar-refractivity contribution < 1.29 is 4.74 Å². The topological polar surface area (TPSA) is 9.23 Å². The van der Waals surface area contributed by atoms with Gasteiger partial charge in [0.1, 0.15) is 5.75 Å². The largest absolute Gasteiger partial charge is 0.494 e. The number of hydrogen-bond donors (Lipinski definition) is 0. The van der Waals surface area contributed by atoms with E-state index in [-0.39, 0.29) is 0 Å². The van der Waals surface area contributed by atoms with Crippen molar-refractivity contribution in [2.24, 2.45) is 5.92 Å². The van der Waals surface area contributed by atoms with Gasteiger partial charge in [-0.1, -0.05) is 70.2 Å². The van der Waals surface area contributed by atoms with Gasteiger partial charge in [-0.25, -0.2) is 0 Å². The highest BCUT2D eigenvalue weighted by molar-refractivity contribution is 5.84. The summed E-state index contributed by atoms with van der Waals surface area (Å²) >= 11 is 0. The van der Waals surface area contributed by atoms with Crippen LogP contribution in [0.3, 0.4) is 0 Å². The van der Waals surface area contributed by atoms with E-state index in [2.05, 4.69) is 50.2 Å². The average molecular weight is 325 g/mol. The van der Waals surface area contributed by atoms with Gasteiger partial charge in [-0.3, -0.25) is 0 Å². The summed E-state index contributed by atoms with van der Waals surface area (Å²) in [5, 5.41) is 2.65. The molecule has 1 fully saturated rings. The van der Waals surface area contributed by atoms with Crippen molar-refractivity contribution in [1.29, 1.82) is 0 Å². The summed E-state index contributed by atoms with van der Waals surface area (Å²) in [5.41, 5.74) is 1.53. The lowest BCUT2D eigenvalue weighted by Gasteiger charge is -2.26. The summed E-state index contributed by atoms with van der Waals surface area (Å²) in [6.07, 6.45) is 10.5. The zero-order valence-corrected chi connectivity index (χ0v) is 15.4. The third-order valence-electron chi connectivity index (χ3n) is 5.59. The van der Waals surface area contributed by atoms with Crippen LogP contribution in [-0.4, -0.2) is 6.61 Å². The molecule has 0 atom stereocenters. The Balaban J connectivity index is 1.63. The fraction of sp³-hybridized carbons (Fsp3) is 0.565. The molecule has 0 radical (unpaired) electrons. The molecule has 0 aromatic heterocycles. The minimum absolute atomic E-state index is 0.764. The maximum Gasteiger partial charge on any atom is 0.119 e. The maximum absolute atomic E-state index is 5.92. The Kier molecular flexibility index (Phi) is 6.18. The minimum Gasteiger partial charge on any atom is -0.494 e. The SMILES string of the molecule is CCCCCCOc1ccc2cc(C3CCC(C)CC3)ccc2c1. The van der Waals surface area contributed by atoms with E-state index in [1.54, 1.807) is 0 Å². The third kappa shape index (κ3) is 4.53. The van der Waals surface area contributed by atoms with E-state index >= 15 is 0 Å². The predicted octanol–water partition coefficient (Wildman–Crippen LogP) is 7.09. The second-order valence-electron chi connectivity index (χ2n) is 7.63. The van der Waals surface area contributed by atoms with Crippen LogP contribution in [0.4, 0.5) is 0 Å². The van der Waals surface area contributed by atoms with Gasteiger partial charge in [0.05, 0.1) is 6.61 Å². The van der Waals surface area contributed by atoms with Gasteiger partial charge in [-0.15, -0.1) is 0 Å². The lowest BCUT2D eigenvalue weighted by molar-refractivity contribution is 0.305. The van der Waals surface area contributed by atoms with Gasteiger partial charge in [-0.2, -0.15) is 0 Å². The van der Waals surface area contributed by atoms with Crippen LogP contribution in [-0.2, 0) is 0 Å². The molecule has 2 aromatic rings. The number of benzene rings is 2. The first-order chi connectivity index (χ1) is 11.8. The van der Waals surface area contributed by atoms with E-state index in [1.165, 1.54) is 61.3 Å². The number of hydrogen-bond acceptors (Lipinski definition) is 1. The van der Waals surface area contributed by atoms with Gasteiger partial charge in [0.25, 0.3) is 0 Å². The van der Waals surface area contributed by atoms with Gasteiger partial charge in [0, 0.05) is 0 Å². The summed E-state index contributed by atoms with van der Waals surface area (Å²) in [4.78, 5) is 0.